The second kappa shape index (κ2) is 4.71. The third-order valence-electron chi connectivity index (χ3n) is 2.81. The lowest BCUT2D eigenvalue weighted by Gasteiger charge is -2.05. The molecule has 0 fully saturated rings. The van der Waals surface area contributed by atoms with E-state index in [2.05, 4.69) is 9.82 Å². The Morgan fingerprint density at radius 2 is 2.11 bits per heavy atom. The minimum Gasteiger partial charge on any atom is -0.465 e. The maximum absolute atomic E-state index is 12.2. The molecule has 0 atom stereocenters. The monoisotopic (exact) mass is 284 g/mol. The first-order chi connectivity index (χ1) is 8.81. The van der Waals surface area contributed by atoms with Crippen LogP contribution in [0.25, 0.3) is 0 Å². The second-order valence-electron chi connectivity index (χ2n) is 4.26. The highest BCUT2D eigenvalue weighted by Crippen LogP contribution is 2.21. The number of nitrogens with one attached hydrogen (secondary N) is 1. The Labute approximate surface area is 111 Å². The average Bonchev–Trinajstić information content (AvgIpc) is 2.82. The Bertz CT molecular complexity index is 700. The van der Waals surface area contributed by atoms with Crippen molar-refractivity contribution in [2.45, 2.75) is 25.3 Å². The molecule has 19 heavy (non-hydrogen) atoms. The molecule has 2 heterocycles. The number of hydrogen-bond acceptors (Lipinski definition) is 5. The zero-order chi connectivity index (χ0) is 14.2. The maximum atomic E-state index is 12.2. The highest BCUT2D eigenvalue weighted by molar-refractivity contribution is 7.89. The van der Waals surface area contributed by atoms with E-state index >= 15 is 0 Å². The van der Waals surface area contributed by atoms with Crippen molar-refractivity contribution in [1.29, 1.82) is 0 Å². The van der Waals surface area contributed by atoms with E-state index in [4.69, 9.17) is 10.2 Å². The van der Waals surface area contributed by atoms with E-state index < -0.39 is 10.0 Å². The number of aryl methyl sites for hydroxylation is 2. The van der Waals surface area contributed by atoms with Crippen LogP contribution in [0.15, 0.2) is 21.4 Å². The molecule has 0 amide bonds. The van der Waals surface area contributed by atoms with E-state index in [-0.39, 0.29) is 17.3 Å². The minimum absolute atomic E-state index is 0.0110. The molecule has 8 heteroatoms. The summed E-state index contributed by atoms with van der Waals surface area (Å²) < 4.78 is 33.5. The van der Waals surface area contributed by atoms with Crippen LogP contribution in [0, 0.1) is 13.8 Å². The summed E-state index contributed by atoms with van der Waals surface area (Å²) in [6.45, 7) is 3.51. The topological polar surface area (TPSA) is 103 Å². The number of nitrogens with zero attached hydrogens (tertiary/aromatic N) is 2. The maximum Gasteiger partial charge on any atom is 0.246 e. The molecule has 2 aromatic rings. The summed E-state index contributed by atoms with van der Waals surface area (Å²) in [6.07, 6.45) is 0. The van der Waals surface area contributed by atoms with E-state index in [1.165, 1.54) is 4.68 Å². The summed E-state index contributed by atoms with van der Waals surface area (Å²) in [5, 5.41) is 3.89. The van der Waals surface area contributed by atoms with E-state index in [9.17, 15) is 8.42 Å². The van der Waals surface area contributed by atoms with Gasteiger partial charge in [-0.15, -0.1) is 0 Å². The van der Waals surface area contributed by atoms with Gasteiger partial charge in [0.15, 0.2) is 5.82 Å². The molecule has 2 rings (SSSR count). The van der Waals surface area contributed by atoms with Gasteiger partial charge in [0.1, 0.15) is 16.4 Å². The molecule has 0 unspecified atom stereocenters. The Kier molecular flexibility index (Phi) is 3.38. The Morgan fingerprint density at radius 3 is 2.58 bits per heavy atom. The summed E-state index contributed by atoms with van der Waals surface area (Å²) in [7, 11) is -2.07. The van der Waals surface area contributed by atoms with Gasteiger partial charge in [-0.25, -0.2) is 13.1 Å². The predicted molar refractivity (Wildman–Crippen MR) is 69.8 cm³/mol. The largest absolute Gasteiger partial charge is 0.465 e. The van der Waals surface area contributed by atoms with E-state index in [0.717, 1.165) is 5.76 Å². The van der Waals surface area contributed by atoms with Crippen LogP contribution in [0.1, 0.15) is 17.2 Å². The molecule has 3 N–H and O–H groups in total. The number of nitrogen functional groups attached to an aromatic ring is 1. The van der Waals surface area contributed by atoms with E-state index in [1.54, 1.807) is 33.0 Å². The molecule has 0 saturated carbocycles. The lowest BCUT2D eigenvalue weighted by atomic mass is 10.4. The molecule has 2 aromatic heterocycles. The number of rotatable bonds is 4. The molecule has 0 aliphatic heterocycles. The van der Waals surface area contributed by atoms with Gasteiger partial charge in [-0.1, -0.05) is 0 Å². The first-order valence-electron chi connectivity index (χ1n) is 5.65. The SMILES string of the molecule is Cc1ccc(CNS(=O)(=O)c2c(N)nn(C)c2C)o1. The fourth-order valence-corrected chi connectivity index (χ4v) is 3.08. The summed E-state index contributed by atoms with van der Waals surface area (Å²) in [6, 6.07) is 3.49. The number of hydrogen-bond donors (Lipinski definition) is 2. The summed E-state index contributed by atoms with van der Waals surface area (Å²) in [4.78, 5) is 0.0123. The van der Waals surface area contributed by atoms with Crippen LogP contribution < -0.4 is 10.5 Å². The lowest BCUT2D eigenvalue weighted by molar-refractivity contribution is 0.475. The van der Waals surface area contributed by atoms with Crippen molar-refractivity contribution in [3.63, 3.8) is 0 Å². The minimum atomic E-state index is -3.71. The Balaban J connectivity index is 2.23. The van der Waals surface area contributed by atoms with Gasteiger partial charge < -0.3 is 10.2 Å². The first kappa shape index (κ1) is 13.6. The lowest BCUT2D eigenvalue weighted by Crippen LogP contribution is -2.24. The molecule has 7 nitrogen and oxygen atoms in total. The van der Waals surface area contributed by atoms with Crippen LogP contribution in [0.4, 0.5) is 5.82 Å². The molecule has 0 radical (unpaired) electrons. The van der Waals surface area contributed by atoms with Crippen LogP contribution >= 0.6 is 0 Å². The molecular formula is C11H16N4O3S. The van der Waals surface area contributed by atoms with Crippen molar-refractivity contribution in [2.24, 2.45) is 7.05 Å². The van der Waals surface area contributed by atoms with E-state index in [0.29, 0.717) is 11.5 Å². The number of anilines is 1. The van der Waals surface area contributed by atoms with Gasteiger partial charge >= 0.3 is 0 Å². The third-order valence-corrected chi connectivity index (χ3v) is 4.37. The van der Waals surface area contributed by atoms with Gasteiger partial charge in [-0.3, -0.25) is 4.68 Å². The van der Waals surface area contributed by atoms with Crippen molar-refractivity contribution in [3.8, 4) is 0 Å². The van der Waals surface area contributed by atoms with Crippen molar-refractivity contribution in [3.05, 3.63) is 29.3 Å². The third kappa shape index (κ3) is 2.64. The van der Waals surface area contributed by atoms with Crippen LogP contribution in [0.2, 0.25) is 0 Å². The Morgan fingerprint density at radius 1 is 1.42 bits per heavy atom. The van der Waals surface area contributed by atoms with Gasteiger partial charge in [0.25, 0.3) is 0 Å². The van der Waals surface area contributed by atoms with Gasteiger partial charge in [-0.2, -0.15) is 5.10 Å². The molecule has 104 valence electrons. The van der Waals surface area contributed by atoms with Gasteiger partial charge in [0.05, 0.1) is 12.2 Å². The fraction of sp³-hybridized carbons (Fsp3) is 0.364. The quantitative estimate of drug-likeness (QED) is 0.859. The van der Waals surface area contributed by atoms with Crippen molar-refractivity contribution in [2.75, 3.05) is 5.73 Å². The van der Waals surface area contributed by atoms with Gasteiger partial charge in [-0.05, 0) is 26.0 Å². The summed E-state index contributed by atoms with van der Waals surface area (Å²) in [5.74, 6) is 1.26. The molecule has 0 aliphatic carbocycles. The zero-order valence-electron chi connectivity index (χ0n) is 11.0. The summed E-state index contributed by atoms with van der Waals surface area (Å²) >= 11 is 0. The molecule has 0 saturated heterocycles. The number of nitrogens with two attached hydrogens (primary N) is 1. The van der Waals surface area contributed by atoms with Crippen molar-refractivity contribution >= 4 is 15.8 Å². The standard InChI is InChI=1S/C11H16N4O3S/c1-7-4-5-9(18-7)6-13-19(16,17)10-8(2)15(3)14-11(10)12/h4-5,13H,6H2,1-3H3,(H2,12,14). The van der Waals surface area contributed by atoms with E-state index in [1.807, 2.05) is 0 Å². The average molecular weight is 284 g/mol. The molecule has 0 aromatic carbocycles. The molecular weight excluding hydrogens is 268 g/mol. The second-order valence-corrected chi connectivity index (χ2v) is 5.96. The van der Waals surface area contributed by atoms with Crippen LogP contribution in [0.3, 0.4) is 0 Å². The molecule has 0 aliphatic rings. The summed E-state index contributed by atoms with van der Waals surface area (Å²) in [5.41, 5.74) is 6.11. The number of aromatic nitrogens is 2. The van der Waals surface area contributed by atoms with Gasteiger partial charge in [0, 0.05) is 7.05 Å². The van der Waals surface area contributed by atoms with Gasteiger partial charge in [0.2, 0.25) is 10.0 Å². The first-order valence-corrected chi connectivity index (χ1v) is 7.13. The number of furan rings is 1. The van der Waals surface area contributed by atoms with Crippen molar-refractivity contribution < 1.29 is 12.8 Å². The number of sulfonamides is 1. The molecule has 0 spiro atoms. The van der Waals surface area contributed by atoms with Crippen molar-refractivity contribution in [1.82, 2.24) is 14.5 Å². The van der Waals surface area contributed by atoms with Crippen LogP contribution in [0.5, 0.6) is 0 Å². The van der Waals surface area contributed by atoms with Crippen LogP contribution in [-0.4, -0.2) is 18.2 Å². The Hall–Kier alpha value is -1.80. The molecule has 0 bridgehead atoms. The highest BCUT2D eigenvalue weighted by atomic mass is 32.2. The highest BCUT2D eigenvalue weighted by Gasteiger charge is 2.24. The smallest absolute Gasteiger partial charge is 0.246 e. The van der Waals surface area contributed by atoms with Crippen LogP contribution in [-0.2, 0) is 23.6 Å². The fourth-order valence-electron chi connectivity index (χ4n) is 1.76. The normalized spacial score (nSPS) is 11.9. The predicted octanol–water partition coefficient (Wildman–Crippen LogP) is 0.691. The zero-order valence-corrected chi connectivity index (χ0v) is 11.8.